The largest absolute Gasteiger partial charge is 0.316 e. The zero-order chi connectivity index (χ0) is 15.9. The van der Waals surface area contributed by atoms with Crippen LogP contribution in [0.4, 0.5) is 0 Å². The summed E-state index contributed by atoms with van der Waals surface area (Å²) in [4.78, 5) is 0. The lowest BCUT2D eigenvalue weighted by Gasteiger charge is -2.42. The highest BCUT2D eigenvalue weighted by atomic mass is 14.9. The van der Waals surface area contributed by atoms with Gasteiger partial charge in [-0.1, -0.05) is 67.2 Å². The van der Waals surface area contributed by atoms with Crippen molar-refractivity contribution in [3.05, 3.63) is 0 Å². The topological polar surface area (TPSA) is 12.0 Å². The van der Waals surface area contributed by atoms with Crippen LogP contribution in [0.1, 0.15) is 86.5 Å². The third-order valence-corrected chi connectivity index (χ3v) is 5.50. The van der Waals surface area contributed by atoms with Gasteiger partial charge in [0.15, 0.2) is 0 Å². The molecule has 0 aliphatic heterocycles. The van der Waals surface area contributed by atoms with Crippen LogP contribution in [0.25, 0.3) is 0 Å². The van der Waals surface area contributed by atoms with Crippen LogP contribution >= 0.6 is 0 Å². The first-order valence-electron chi connectivity index (χ1n) is 9.55. The third-order valence-electron chi connectivity index (χ3n) is 5.50. The molecule has 21 heavy (non-hydrogen) atoms. The Morgan fingerprint density at radius 3 is 2.33 bits per heavy atom. The molecule has 126 valence electrons. The van der Waals surface area contributed by atoms with Crippen molar-refractivity contribution in [2.24, 2.45) is 29.1 Å². The first-order valence-corrected chi connectivity index (χ1v) is 9.55. The van der Waals surface area contributed by atoms with E-state index in [1.165, 1.54) is 58.0 Å². The fourth-order valence-electron chi connectivity index (χ4n) is 3.95. The van der Waals surface area contributed by atoms with Crippen LogP contribution in [0.3, 0.4) is 0 Å². The van der Waals surface area contributed by atoms with Crippen molar-refractivity contribution in [1.82, 2.24) is 5.32 Å². The average molecular weight is 296 g/mol. The van der Waals surface area contributed by atoms with Gasteiger partial charge in [0.25, 0.3) is 0 Å². The summed E-state index contributed by atoms with van der Waals surface area (Å²) in [5, 5.41) is 3.73. The summed E-state index contributed by atoms with van der Waals surface area (Å²) >= 11 is 0. The summed E-state index contributed by atoms with van der Waals surface area (Å²) in [6.07, 6.45) is 10.1. The van der Waals surface area contributed by atoms with Crippen LogP contribution in [0, 0.1) is 29.1 Å². The van der Waals surface area contributed by atoms with Crippen molar-refractivity contribution in [3.8, 4) is 0 Å². The molecule has 0 saturated heterocycles. The Balaban J connectivity index is 2.51. The average Bonchev–Trinajstić information content (AvgIpc) is 2.38. The zero-order valence-electron chi connectivity index (χ0n) is 15.7. The summed E-state index contributed by atoms with van der Waals surface area (Å²) < 4.78 is 0. The fourth-order valence-corrected chi connectivity index (χ4v) is 3.95. The Hall–Kier alpha value is -0.0400. The molecule has 0 spiro atoms. The van der Waals surface area contributed by atoms with Gasteiger partial charge in [-0.25, -0.2) is 0 Å². The smallest absolute Gasteiger partial charge is 0.00178 e. The maximum atomic E-state index is 3.73. The van der Waals surface area contributed by atoms with E-state index in [4.69, 9.17) is 0 Å². The molecule has 0 aromatic rings. The Bertz CT molecular complexity index is 264. The van der Waals surface area contributed by atoms with Gasteiger partial charge >= 0.3 is 0 Å². The van der Waals surface area contributed by atoms with E-state index in [0.717, 1.165) is 23.7 Å². The van der Waals surface area contributed by atoms with Crippen molar-refractivity contribution >= 4 is 0 Å². The lowest BCUT2D eigenvalue weighted by Crippen LogP contribution is -2.37. The molecule has 0 aromatic carbocycles. The van der Waals surface area contributed by atoms with Gasteiger partial charge in [-0.15, -0.1) is 0 Å². The van der Waals surface area contributed by atoms with Gasteiger partial charge in [0.2, 0.25) is 0 Å². The van der Waals surface area contributed by atoms with E-state index >= 15 is 0 Å². The van der Waals surface area contributed by atoms with E-state index in [-0.39, 0.29) is 0 Å². The number of rotatable bonds is 8. The van der Waals surface area contributed by atoms with Gasteiger partial charge in [-0.2, -0.15) is 0 Å². The molecule has 0 aromatic heterocycles. The summed E-state index contributed by atoms with van der Waals surface area (Å²) in [5.41, 5.74) is 0.499. The lowest BCUT2D eigenvalue weighted by atomic mass is 9.64. The van der Waals surface area contributed by atoms with Crippen molar-refractivity contribution < 1.29 is 0 Å². The normalized spacial score (nSPS) is 27.3. The van der Waals surface area contributed by atoms with E-state index in [2.05, 4.69) is 46.9 Å². The molecular formula is C20H41N. The molecule has 0 radical (unpaired) electrons. The molecule has 0 bridgehead atoms. The minimum atomic E-state index is 0.499. The van der Waals surface area contributed by atoms with E-state index in [1.807, 2.05) is 0 Å². The predicted molar refractivity (Wildman–Crippen MR) is 95.6 cm³/mol. The first kappa shape index (κ1) is 19.0. The molecule has 1 saturated carbocycles. The van der Waals surface area contributed by atoms with Gasteiger partial charge in [0.05, 0.1) is 0 Å². The summed E-state index contributed by atoms with van der Waals surface area (Å²) in [6.45, 7) is 16.7. The molecule has 0 amide bonds. The van der Waals surface area contributed by atoms with E-state index < -0.39 is 0 Å². The third kappa shape index (κ3) is 7.17. The van der Waals surface area contributed by atoms with E-state index in [0.29, 0.717) is 5.41 Å². The van der Waals surface area contributed by atoms with E-state index in [1.54, 1.807) is 0 Å². The van der Waals surface area contributed by atoms with Crippen LogP contribution in [-0.2, 0) is 0 Å². The fraction of sp³-hybridized carbons (Fsp3) is 1.00. The maximum Gasteiger partial charge on any atom is -0.00178 e. The quantitative estimate of drug-likeness (QED) is 0.550. The van der Waals surface area contributed by atoms with Gasteiger partial charge in [0.1, 0.15) is 0 Å². The van der Waals surface area contributed by atoms with Gasteiger partial charge in [0, 0.05) is 0 Å². The molecule has 1 N–H and O–H groups in total. The first-order chi connectivity index (χ1) is 9.84. The van der Waals surface area contributed by atoms with Crippen molar-refractivity contribution in [1.29, 1.82) is 0 Å². The molecule has 1 fully saturated rings. The van der Waals surface area contributed by atoms with Crippen molar-refractivity contribution in [2.45, 2.75) is 86.5 Å². The number of nitrogens with one attached hydrogen (secondary N) is 1. The van der Waals surface area contributed by atoms with Crippen molar-refractivity contribution in [2.75, 3.05) is 13.1 Å². The van der Waals surface area contributed by atoms with Crippen LogP contribution in [0.15, 0.2) is 0 Å². The molecule has 1 aliphatic rings. The van der Waals surface area contributed by atoms with Crippen LogP contribution in [0.2, 0.25) is 0 Å². The van der Waals surface area contributed by atoms with Crippen LogP contribution in [0.5, 0.6) is 0 Å². The predicted octanol–water partition coefficient (Wildman–Crippen LogP) is 5.89. The molecular weight excluding hydrogens is 254 g/mol. The minimum Gasteiger partial charge on any atom is -0.316 e. The second-order valence-electron chi connectivity index (χ2n) is 8.94. The second-order valence-corrected chi connectivity index (χ2v) is 8.94. The molecule has 0 heterocycles. The molecule has 3 atom stereocenters. The highest BCUT2D eigenvalue weighted by molar-refractivity contribution is 4.86. The van der Waals surface area contributed by atoms with Gasteiger partial charge in [-0.05, 0) is 61.4 Å². The highest BCUT2D eigenvalue weighted by Gasteiger charge is 2.35. The number of hydrogen-bond acceptors (Lipinski definition) is 1. The van der Waals surface area contributed by atoms with Gasteiger partial charge < -0.3 is 5.32 Å². The summed E-state index contributed by atoms with van der Waals surface area (Å²) in [6, 6.07) is 0. The number of unbranched alkanes of at least 4 members (excludes halogenated alkanes) is 2. The Kier molecular flexibility index (Phi) is 8.31. The van der Waals surface area contributed by atoms with Crippen molar-refractivity contribution in [3.63, 3.8) is 0 Å². The van der Waals surface area contributed by atoms with E-state index in [9.17, 15) is 0 Å². The standard InChI is InChI=1S/C20H41N/c1-7-8-9-10-17-13-19(20(4,5)6)12-11-18(17)15-21-14-16(2)3/h16-19,21H,7-15H2,1-6H3. The van der Waals surface area contributed by atoms with Crippen LogP contribution < -0.4 is 5.32 Å². The lowest BCUT2D eigenvalue weighted by molar-refractivity contribution is 0.0907. The highest BCUT2D eigenvalue weighted by Crippen LogP contribution is 2.44. The molecule has 1 heteroatoms. The van der Waals surface area contributed by atoms with Crippen LogP contribution in [-0.4, -0.2) is 13.1 Å². The monoisotopic (exact) mass is 295 g/mol. The summed E-state index contributed by atoms with van der Waals surface area (Å²) in [5.74, 6) is 3.60. The maximum absolute atomic E-state index is 3.73. The summed E-state index contributed by atoms with van der Waals surface area (Å²) in [7, 11) is 0. The minimum absolute atomic E-state index is 0.499. The Morgan fingerprint density at radius 2 is 1.76 bits per heavy atom. The molecule has 3 unspecified atom stereocenters. The second kappa shape index (κ2) is 9.18. The SMILES string of the molecule is CCCCCC1CC(C(C)(C)C)CCC1CNCC(C)C. The Morgan fingerprint density at radius 1 is 1.05 bits per heavy atom. The Labute approximate surface area is 134 Å². The molecule has 1 rings (SSSR count). The molecule has 1 aliphatic carbocycles. The van der Waals surface area contributed by atoms with Gasteiger partial charge in [-0.3, -0.25) is 0 Å². The zero-order valence-corrected chi connectivity index (χ0v) is 15.7. The number of hydrogen-bond donors (Lipinski definition) is 1. The molecule has 1 nitrogen and oxygen atoms in total.